The van der Waals surface area contributed by atoms with Gasteiger partial charge in [0.15, 0.2) is 0 Å². The molecule has 1 saturated carbocycles. The summed E-state index contributed by atoms with van der Waals surface area (Å²) in [4.78, 5) is 25.4. The van der Waals surface area contributed by atoms with Crippen LogP contribution >= 0.6 is 0 Å². The molecule has 1 aromatic carbocycles. The van der Waals surface area contributed by atoms with Crippen LogP contribution in [-0.2, 0) is 11.0 Å². The van der Waals surface area contributed by atoms with Gasteiger partial charge in [-0.15, -0.1) is 0 Å². The third kappa shape index (κ3) is 4.80. The molecule has 1 heterocycles. The molecule has 2 aliphatic rings. The Bertz CT molecular complexity index is 683. The summed E-state index contributed by atoms with van der Waals surface area (Å²) < 4.78 is 39.0. The molecule has 0 spiro atoms. The number of carbonyl (C=O) groups excluding carboxylic acids is 2. The van der Waals surface area contributed by atoms with Crippen molar-refractivity contribution in [2.24, 2.45) is 0 Å². The number of amides is 3. The molecule has 0 unspecified atom stereocenters. The second kappa shape index (κ2) is 7.43. The number of imide groups is 1. The van der Waals surface area contributed by atoms with E-state index in [0.717, 1.165) is 50.9 Å². The van der Waals surface area contributed by atoms with Crippen LogP contribution in [0.25, 0.3) is 0 Å². The van der Waals surface area contributed by atoms with E-state index in [0.29, 0.717) is 5.69 Å². The van der Waals surface area contributed by atoms with Gasteiger partial charge in [0.05, 0.1) is 23.5 Å². The van der Waals surface area contributed by atoms with Crippen molar-refractivity contribution in [2.75, 3.05) is 29.9 Å². The van der Waals surface area contributed by atoms with Crippen molar-refractivity contribution in [3.63, 3.8) is 0 Å². The summed E-state index contributed by atoms with van der Waals surface area (Å²) in [5.74, 6) is -0.604. The van der Waals surface area contributed by atoms with Crippen LogP contribution < -0.4 is 20.9 Å². The number of halogens is 3. The number of nitrogens with zero attached hydrogens (tertiary/aromatic N) is 1. The molecule has 0 aromatic heterocycles. The summed E-state index contributed by atoms with van der Waals surface area (Å²) in [7, 11) is 0. The Morgan fingerprint density at radius 2 is 1.85 bits per heavy atom. The zero-order valence-corrected chi connectivity index (χ0v) is 14.2. The molecule has 0 radical (unpaired) electrons. The van der Waals surface area contributed by atoms with Crippen LogP contribution in [0.15, 0.2) is 18.2 Å². The number of alkyl halides is 3. The van der Waals surface area contributed by atoms with Crippen LogP contribution in [0.5, 0.6) is 0 Å². The molecule has 9 heteroatoms. The first-order valence-electron chi connectivity index (χ1n) is 8.63. The molecule has 2 fully saturated rings. The van der Waals surface area contributed by atoms with Gasteiger partial charge in [-0.1, -0.05) is 0 Å². The number of carbonyl (C=O) groups is 2. The van der Waals surface area contributed by atoms with Gasteiger partial charge in [0, 0.05) is 19.1 Å². The maximum absolute atomic E-state index is 13.0. The second-order valence-electron chi connectivity index (χ2n) is 6.57. The summed E-state index contributed by atoms with van der Waals surface area (Å²) >= 11 is 0. The molecule has 142 valence electrons. The molecule has 0 bridgehead atoms. The standard InChI is InChI=1S/C17H21F3N4O2/c18-17(19,20)11-3-6-14(24-7-1-2-8-24)13(9-11)21-10-15(25)23-16(26)22-12-4-5-12/h3,6,9,12,21H,1-2,4-5,7-8,10H2,(H2,22,23,25,26). The predicted molar refractivity (Wildman–Crippen MR) is 91.1 cm³/mol. The smallest absolute Gasteiger partial charge is 0.374 e. The molecule has 3 rings (SSSR count). The molecule has 1 aliphatic heterocycles. The highest BCUT2D eigenvalue weighted by molar-refractivity contribution is 5.96. The Labute approximate surface area is 149 Å². The number of hydrogen-bond donors (Lipinski definition) is 3. The number of benzene rings is 1. The lowest BCUT2D eigenvalue weighted by molar-refractivity contribution is -0.137. The minimum absolute atomic E-state index is 0.112. The normalized spacial score (nSPS) is 17.1. The summed E-state index contributed by atoms with van der Waals surface area (Å²) in [6, 6.07) is 3.01. The van der Waals surface area contributed by atoms with Gasteiger partial charge < -0.3 is 15.5 Å². The van der Waals surface area contributed by atoms with E-state index in [1.807, 2.05) is 4.90 Å². The van der Waals surface area contributed by atoms with E-state index in [2.05, 4.69) is 16.0 Å². The first kappa shape index (κ1) is 18.3. The Balaban J connectivity index is 1.67. The average Bonchev–Trinajstić information content (AvgIpc) is 3.21. The van der Waals surface area contributed by atoms with Crippen LogP contribution in [0.2, 0.25) is 0 Å². The minimum Gasteiger partial charge on any atom is -0.374 e. The highest BCUT2D eigenvalue weighted by atomic mass is 19.4. The van der Waals surface area contributed by atoms with Gasteiger partial charge in [-0.05, 0) is 43.9 Å². The fourth-order valence-corrected chi connectivity index (χ4v) is 2.88. The van der Waals surface area contributed by atoms with E-state index < -0.39 is 23.7 Å². The molecular formula is C17H21F3N4O2. The highest BCUT2D eigenvalue weighted by Gasteiger charge is 2.32. The average molecular weight is 370 g/mol. The molecule has 3 amide bonds. The Kier molecular flexibility index (Phi) is 5.24. The van der Waals surface area contributed by atoms with Gasteiger partial charge in [0.25, 0.3) is 0 Å². The van der Waals surface area contributed by atoms with Crippen molar-refractivity contribution >= 4 is 23.3 Å². The van der Waals surface area contributed by atoms with E-state index in [4.69, 9.17) is 0 Å². The van der Waals surface area contributed by atoms with Gasteiger partial charge in [0.1, 0.15) is 0 Å². The fourth-order valence-electron chi connectivity index (χ4n) is 2.88. The summed E-state index contributed by atoms with van der Waals surface area (Å²) in [5.41, 5.74) is 0.0834. The first-order valence-corrected chi connectivity index (χ1v) is 8.63. The van der Waals surface area contributed by atoms with E-state index in [-0.39, 0.29) is 18.3 Å². The van der Waals surface area contributed by atoms with E-state index in [1.165, 1.54) is 6.07 Å². The number of nitrogens with one attached hydrogen (secondary N) is 3. The molecule has 3 N–H and O–H groups in total. The van der Waals surface area contributed by atoms with Gasteiger partial charge in [-0.3, -0.25) is 10.1 Å². The highest BCUT2D eigenvalue weighted by Crippen LogP contribution is 2.36. The molecule has 1 aliphatic carbocycles. The minimum atomic E-state index is -4.47. The second-order valence-corrected chi connectivity index (χ2v) is 6.57. The summed E-state index contributed by atoms with van der Waals surface area (Å²) in [5, 5.41) is 7.52. The van der Waals surface area contributed by atoms with Crippen LogP contribution in [0.3, 0.4) is 0 Å². The third-order valence-electron chi connectivity index (χ3n) is 4.38. The molecule has 0 atom stereocenters. The van der Waals surface area contributed by atoms with Crippen LogP contribution in [-0.4, -0.2) is 37.6 Å². The molecular weight excluding hydrogens is 349 g/mol. The topological polar surface area (TPSA) is 73.5 Å². The van der Waals surface area contributed by atoms with Crippen molar-refractivity contribution in [1.29, 1.82) is 0 Å². The van der Waals surface area contributed by atoms with Crippen LogP contribution in [0.1, 0.15) is 31.2 Å². The molecule has 6 nitrogen and oxygen atoms in total. The maximum Gasteiger partial charge on any atom is 0.416 e. The predicted octanol–water partition coefficient (Wildman–Crippen LogP) is 2.71. The SMILES string of the molecule is O=C(CNc1cc(C(F)(F)F)ccc1N1CCCC1)NC(=O)NC1CC1. The molecule has 1 saturated heterocycles. The Hall–Kier alpha value is -2.45. The number of anilines is 2. The van der Waals surface area contributed by atoms with Gasteiger partial charge in [-0.25, -0.2) is 4.79 Å². The Morgan fingerprint density at radius 3 is 2.46 bits per heavy atom. The Morgan fingerprint density at radius 1 is 1.15 bits per heavy atom. The monoisotopic (exact) mass is 370 g/mol. The molecule has 1 aromatic rings. The van der Waals surface area contributed by atoms with E-state index in [1.54, 1.807) is 0 Å². The van der Waals surface area contributed by atoms with Crippen molar-refractivity contribution < 1.29 is 22.8 Å². The zero-order valence-electron chi connectivity index (χ0n) is 14.2. The lowest BCUT2D eigenvalue weighted by atomic mass is 10.1. The van der Waals surface area contributed by atoms with Crippen molar-refractivity contribution in [1.82, 2.24) is 10.6 Å². The largest absolute Gasteiger partial charge is 0.416 e. The third-order valence-corrected chi connectivity index (χ3v) is 4.38. The lowest BCUT2D eigenvalue weighted by Gasteiger charge is -2.23. The van der Waals surface area contributed by atoms with Crippen molar-refractivity contribution in [3.8, 4) is 0 Å². The molecule has 26 heavy (non-hydrogen) atoms. The first-order chi connectivity index (χ1) is 12.3. The fraction of sp³-hybridized carbons (Fsp3) is 0.529. The van der Waals surface area contributed by atoms with Crippen molar-refractivity contribution in [2.45, 2.75) is 37.9 Å². The zero-order chi connectivity index (χ0) is 18.7. The van der Waals surface area contributed by atoms with E-state index >= 15 is 0 Å². The van der Waals surface area contributed by atoms with Crippen LogP contribution in [0.4, 0.5) is 29.3 Å². The van der Waals surface area contributed by atoms with Crippen LogP contribution in [0, 0.1) is 0 Å². The van der Waals surface area contributed by atoms with Crippen molar-refractivity contribution in [3.05, 3.63) is 23.8 Å². The van der Waals surface area contributed by atoms with Gasteiger partial charge >= 0.3 is 12.2 Å². The number of rotatable bonds is 5. The van der Waals surface area contributed by atoms with Gasteiger partial charge in [-0.2, -0.15) is 13.2 Å². The van der Waals surface area contributed by atoms with E-state index in [9.17, 15) is 22.8 Å². The quantitative estimate of drug-likeness (QED) is 0.745. The number of urea groups is 1. The summed E-state index contributed by atoms with van der Waals surface area (Å²) in [6.07, 6.45) is -0.733. The maximum atomic E-state index is 13.0. The lowest BCUT2D eigenvalue weighted by Crippen LogP contribution is -2.42. The van der Waals surface area contributed by atoms with Gasteiger partial charge in [0.2, 0.25) is 5.91 Å². The summed E-state index contributed by atoms with van der Waals surface area (Å²) in [6.45, 7) is 1.23. The number of hydrogen-bond acceptors (Lipinski definition) is 4.